The summed E-state index contributed by atoms with van der Waals surface area (Å²) < 4.78 is 38.2. The van der Waals surface area contributed by atoms with Gasteiger partial charge < -0.3 is 10.3 Å². The number of hydrogen-bond acceptors (Lipinski definition) is 3. The second-order valence-corrected chi connectivity index (χ2v) is 4.72. The van der Waals surface area contributed by atoms with Crippen molar-refractivity contribution in [2.24, 2.45) is 5.84 Å². The van der Waals surface area contributed by atoms with Crippen LogP contribution in [0.4, 0.5) is 18.9 Å². The summed E-state index contributed by atoms with van der Waals surface area (Å²) in [6.07, 6.45) is -2.70. The fourth-order valence-corrected chi connectivity index (χ4v) is 2.13. The lowest BCUT2D eigenvalue weighted by Crippen LogP contribution is -2.33. The number of carbonyl (C=O) groups excluding carboxylic acids is 1. The van der Waals surface area contributed by atoms with E-state index >= 15 is 0 Å². The van der Waals surface area contributed by atoms with E-state index in [-0.39, 0.29) is 17.3 Å². The highest BCUT2D eigenvalue weighted by atomic mass is 19.4. The Morgan fingerprint density at radius 1 is 1.45 bits per heavy atom. The van der Waals surface area contributed by atoms with Gasteiger partial charge in [0.2, 0.25) is 0 Å². The van der Waals surface area contributed by atoms with Crippen LogP contribution in [0.2, 0.25) is 0 Å². The molecule has 0 atom stereocenters. The van der Waals surface area contributed by atoms with Crippen molar-refractivity contribution in [1.82, 2.24) is 4.90 Å². The van der Waals surface area contributed by atoms with E-state index in [0.29, 0.717) is 6.54 Å². The quantitative estimate of drug-likeness (QED) is 0.661. The minimum atomic E-state index is -4.49. The molecule has 0 aliphatic heterocycles. The fraction of sp³-hybridized carbons (Fsp3) is 0.462. The van der Waals surface area contributed by atoms with Crippen molar-refractivity contribution in [3.8, 4) is 0 Å². The first-order valence-corrected chi connectivity index (χ1v) is 6.37. The Balaban J connectivity index is 2.39. The van der Waals surface area contributed by atoms with Gasteiger partial charge >= 0.3 is 6.18 Å². The Bertz CT molecular complexity index is 512. The highest BCUT2D eigenvalue weighted by Crippen LogP contribution is 2.34. The van der Waals surface area contributed by atoms with Gasteiger partial charge in [-0.25, -0.2) is 0 Å². The molecule has 20 heavy (non-hydrogen) atoms. The maximum atomic E-state index is 12.7. The number of alkyl halides is 3. The maximum Gasteiger partial charge on any atom is 0.416 e. The second-order valence-electron chi connectivity index (χ2n) is 4.72. The molecule has 0 radical (unpaired) electrons. The first kappa shape index (κ1) is 14.6. The van der Waals surface area contributed by atoms with Crippen LogP contribution in [-0.2, 0) is 6.18 Å². The van der Waals surface area contributed by atoms with Crippen molar-refractivity contribution in [2.75, 3.05) is 12.0 Å². The lowest BCUT2D eigenvalue weighted by molar-refractivity contribution is -0.137. The smallest absolute Gasteiger partial charge is 0.336 e. The van der Waals surface area contributed by atoms with Crippen LogP contribution in [0.15, 0.2) is 18.2 Å². The molecule has 1 aromatic rings. The average molecular weight is 287 g/mol. The van der Waals surface area contributed by atoms with Crippen LogP contribution in [-0.4, -0.2) is 23.4 Å². The molecule has 3 N–H and O–H groups in total. The topological polar surface area (TPSA) is 58.4 Å². The molecular weight excluding hydrogens is 271 g/mol. The van der Waals surface area contributed by atoms with Crippen LogP contribution < -0.4 is 11.3 Å². The van der Waals surface area contributed by atoms with Gasteiger partial charge in [-0.3, -0.25) is 10.6 Å². The molecule has 0 bridgehead atoms. The molecule has 7 heteroatoms. The van der Waals surface area contributed by atoms with E-state index in [1.54, 1.807) is 11.8 Å². The molecule has 1 aromatic carbocycles. The number of hydrogen-bond donors (Lipinski definition) is 2. The fourth-order valence-electron chi connectivity index (χ4n) is 2.13. The van der Waals surface area contributed by atoms with E-state index in [1.807, 2.05) is 0 Å². The zero-order valence-corrected chi connectivity index (χ0v) is 11.0. The summed E-state index contributed by atoms with van der Waals surface area (Å²) in [5.74, 6) is 4.86. The summed E-state index contributed by atoms with van der Waals surface area (Å²) in [6.45, 7) is 2.27. The Hall–Kier alpha value is -1.76. The highest BCUT2D eigenvalue weighted by Gasteiger charge is 2.35. The number of amides is 1. The zero-order valence-electron chi connectivity index (χ0n) is 11.0. The summed E-state index contributed by atoms with van der Waals surface area (Å²) in [5, 5.41) is 0. The number of rotatable bonds is 4. The number of carbonyl (C=O) groups is 1. The van der Waals surface area contributed by atoms with Crippen LogP contribution in [0.25, 0.3) is 0 Å². The highest BCUT2D eigenvalue weighted by molar-refractivity contribution is 6.00. The molecule has 1 fully saturated rings. The van der Waals surface area contributed by atoms with Crippen molar-refractivity contribution >= 4 is 11.6 Å². The van der Waals surface area contributed by atoms with Crippen molar-refractivity contribution in [3.05, 3.63) is 29.3 Å². The lowest BCUT2D eigenvalue weighted by Gasteiger charge is -2.22. The van der Waals surface area contributed by atoms with Gasteiger partial charge in [-0.05, 0) is 38.0 Å². The van der Waals surface area contributed by atoms with Crippen LogP contribution in [0.1, 0.15) is 35.7 Å². The third-order valence-electron chi connectivity index (χ3n) is 3.32. The number of nitrogen functional groups attached to an aromatic ring is 1. The largest absolute Gasteiger partial charge is 0.416 e. The minimum absolute atomic E-state index is 0.0453. The summed E-state index contributed by atoms with van der Waals surface area (Å²) in [4.78, 5) is 14.0. The van der Waals surface area contributed by atoms with Gasteiger partial charge in [0.25, 0.3) is 5.91 Å². The predicted octanol–water partition coefficient (Wildman–Crippen LogP) is 2.62. The van der Waals surface area contributed by atoms with Crippen molar-refractivity contribution in [2.45, 2.75) is 32.0 Å². The van der Waals surface area contributed by atoms with E-state index in [4.69, 9.17) is 5.84 Å². The Labute approximate surface area is 114 Å². The van der Waals surface area contributed by atoms with E-state index < -0.39 is 17.6 Å². The van der Waals surface area contributed by atoms with Gasteiger partial charge in [0.05, 0.1) is 16.8 Å². The lowest BCUT2D eigenvalue weighted by atomic mass is 10.1. The van der Waals surface area contributed by atoms with E-state index in [1.165, 1.54) is 6.07 Å². The number of nitrogens with two attached hydrogens (primary N) is 1. The summed E-state index contributed by atoms with van der Waals surface area (Å²) in [6, 6.07) is 3.06. The second kappa shape index (κ2) is 5.32. The third kappa shape index (κ3) is 2.87. The zero-order chi connectivity index (χ0) is 14.9. The molecular formula is C13H16F3N3O. The van der Waals surface area contributed by atoms with Crippen LogP contribution in [0.3, 0.4) is 0 Å². The molecule has 2 rings (SSSR count). The monoisotopic (exact) mass is 287 g/mol. The number of nitrogens with zero attached hydrogens (tertiary/aromatic N) is 1. The summed E-state index contributed by atoms with van der Waals surface area (Å²) >= 11 is 0. The Morgan fingerprint density at radius 2 is 2.10 bits per heavy atom. The van der Waals surface area contributed by atoms with E-state index in [2.05, 4.69) is 5.43 Å². The Morgan fingerprint density at radius 3 is 2.55 bits per heavy atom. The van der Waals surface area contributed by atoms with Crippen molar-refractivity contribution < 1.29 is 18.0 Å². The molecule has 0 unspecified atom stereocenters. The van der Waals surface area contributed by atoms with Crippen LogP contribution in [0, 0.1) is 0 Å². The van der Waals surface area contributed by atoms with Gasteiger partial charge in [0.15, 0.2) is 0 Å². The van der Waals surface area contributed by atoms with Gasteiger partial charge in [0, 0.05) is 12.6 Å². The molecule has 0 saturated heterocycles. The molecule has 1 amide bonds. The maximum absolute atomic E-state index is 12.7. The number of halogens is 3. The minimum Gasteiger partial charge on any atom is -0.336 e. The first-order chi connectivity index (χ1) is 9.38. The standard InChI is InChI=1S/C13H16F3N3O/c1-2-19(9-4-5-9)12(20)10-7-8(13(14,15)16)3-6-11(10)18-17/h3,6-7,9,18H,2,4-5,17H2,1H3. The molecule has 110 valence electrons. The SMILES string of the molecule is CCN(C(=O)c1cc(C(F)(F)F)ccc1NN)C1CC1. The van der Waals surface area contributed by atoms with E-state index in [9.17, 15) is 18.0 Å². The molecule has 0 spiro atoms. The molecule has 4 nitrogen and oxygen atoms in total. The summed E-state index contributed by atoms with van der Waals surface area (Å²) in [7, 11) is 0. The van der Waals surface area contributed by atoms with Crippen molar-refractivity contribution in [3.63, 3.8) is 0 Å². The number of benzene rings is 1. The van der Waals surface area contributed by atoms with Gasteiger partial charge in [-0.15, -0.1) is 0 Å². The molecule has 1 saturated carbocycles. The number of hydrazine groups is 1. The Kier molecular flexibility index (Phi) is 3.89. The van der Waals surface area contributed by atoms with E-state index in [0.717, 1.165) is 25.0 Å². The van der Waals surface area contributed by atoms with Gasteiger partial charge in [-0.2, -0.15) is 13.2 Å². The third-order valence-corrected chi connectivity index (χ3v) is 3.32. The molecule has 1 aliphatic rings. The first-order valence-electron chi connectivity index (χ1n) is 6.37. The van der Waals surface area contributed by atoms with Crippen LogP contribution in [0.5, 0.6) is 0 Å². The molecule has 0 aromatic heterocycles. The summed E-state index contributed by atoms with van der Waals surface area (Å²) in [5.41, 5.74) is 1.57. The molecule has 0 heterocycles. The van der Waals surface area contributed by atoms with Gasteiger partial charge in [-0.1, -0.05) is 0 Å². The number of nitrogens with one attached hydrogen (secondary N) is 1. The number of anilines is 1. The van der Waals surface area contributed by atoms with Gasteiger partial charge in [0.1, 0.15) is 0 Å². The predicted molar refractivity (Wildman–Crippen MR) is 69.0 cm³/mol. The van der Waals surface area contributed by atoms with Crippen LogP contribution >= 0.6 is 0 Å². The van der Waals surface area contributed by atoms with Crippen molar-refractivity contribution in [1.29, 1.82) is 0 Å². The normalized spacial score (nSPS) is 15.1. The molecule has 1 aliphatic carbocycles. The average Bonchev–Trinajstić information content (AvgIpc) is 3.22.